The number of aryl methyl sites for hydroxylation is 1. The summed E-state index contributed by atoms with van der Waals surface area (Å²) in [6.45, 7) is 2.28. The summed E-state index contributed by atoms with van der Waals surface area (Å²) in [6, 6.07) is 10.3. The summed E-state index contributed by atoms with van der Waals surface area (Å²) >= 11 is 0. The first-order valence-corrected chi connectivity index (χ1v) is 6.88. The number of nitrogens with two attached hydrogens (primary N) is 1. The van der Waals surface area contributed by atoms with E-state index in [4.69, 9.17) is 5.73 Å². The maximum absolute atomic E-state index is 12.4. The second-order valence-corrected chi connectivity index (χ2v) is 5.15. The van der Waals surface area contributed by atoms with Crippen LogP contribution in [-0.2, 0) is 0 Å². The first-order valence-electron chi connectivity index (χ1n) is 6.88. The van der Waals surface area contributed by atoms with E-state index in [0.29, 0.717) is 29.2 Å². The van der Waals surface area contributed by atoms with Crippen LogP contribution in [0, 0.1) is 6.92 Å². The maximum Gasteiger partial charge on any atom is 0.255 e. The molecule has 0 atom stereocenters. The fraction of sp³-hybridized carbons (Fsp3) is 0.125. The number of rotatable bonds is 2. The molecule has 0 radical (unpaired) electrons. The van der Waals surface area contributed by atoms with Crippen LogP contribution in [0.1, 0.15) is 26.3 Å². The van der Waals surface area contributed by atoms with E-state index in [1.807, 2.05) is 13.0 Å². The monoisotopic (exact) mass is 296 g/mol. The van der Waals surface area contributed by atoms with Crippen molar-refractivity contribution in [2.75, 3.05) is 23.0 Å². The van der Waals surface area contributed by atoms with Gasteiger partial charge in [0.2, 0.25) is 0 Å². The number of carbonyl (C=O) groups excluding carboxylic acids is 2. The molecule has 0 saturated heterocycles. The summed E-state index contributed by atoms with van der Waals surface area (Å²) in [5.74, 6) is -0.474. The molecule has 2 aromatic rings. The molecule has 6 heteroatoms. The van der Waals surface area contributed by atoms with E-state index in [-0.39, 0.29) is 11.8 Å². The number of fused-ring (bicyclic) bond motifs is 1. The smallest absolute Gasteiger partial charge is 0.255 e. The number of amides is 2. The summed E-state index contributed by atoms with van der Waals surface area (Å²) in [5, 5.41) is 8.54. The topological polar surface area (TPSA) is 96.2 Å². The van der Waals surface area contributed by atoms with Gasteiger partial charge in [0, 0.05) is 22.6 Å². The highest BCUT2D eigenvalue weighted by Gasteiger charge is 2.18. The minimum atomic E-state index is -0.283. The Bertz CT molecular complexity index is 771. The van der Waals surface area contributed by atoms with Gasteiger partial charge in [-0.3, -0.25) is 9.59 Å². The first kappa shape index (κ1) is 13.9. The fourth-order valence-electron chi connectivity index (χ4n) is 2.31. The number of nitrogen functional groups attached to an aromatic ring is 1. The van der Waals surface area contributed by atoms with Gasteiger partial charge in [-0.05, 0) is 42.8 Å². The molecule has 0 spiro atoms. The van der Waals surface area contributed by atoms with Crippen molar-refractivity contribution in [1.82, 2.24) is 5.32 Å². The lowest BCUT2D eigenvalue weighted by Gasteiger charge is -2.19. The van der Waals surface area contributed by atoms with Crippen LogP contribution in [0.3, 0.4) is 0 Å². The van der Waals surface area contributed by atoms with Gasteiger partial charge in [0.15, 0.2) is 0 Å². The maximum atomic E-state index is 12.4. The Kier molecular flexibility index (Phi) is 3.42. The Morgan fingerprint density at radius 2 is 2.00 bits per heavy atom. The molecular weight excluding hydrogens is 280 g/mol. The minimum Gasteiger partial charge on any atom is -0.399 e. The quantitative estimate of drug-likeness (QED) is 0.637. The van der Waals surface area contributed by atoms with Crippen LogP contribution in [0.4, 0.5) is 17.1 Å². The van der Waals surface area contributed by atoms with Crippen molar-refractivity contribution in [2.24, 2.45) is 0 Å². The Morgan fingerprint density at radius 1 is 1.18 bits per heavy atom. The Balaban J connectivity index is 1.88. The number of nitrogens with one attached hydrogen (secondary N) is 3. The van der Waals surface area contributed by atoms with Gasteiger partial charge in [-0.15, -0.1) is 0 Å². The van der Waals surface area contributed by atoms with Crippen molar-refractivity contribution in [3.8, 4) is 0 Å². The van der Waals surface area contributed by atoms with E-state index in [1.54, 1.807) is 30.3 Å². The summed E-state index contributed by atoms with van der Waals surface area (Å²) in [6.07, 6.45) is 0. The van der Waals surface area contributed by atoms with Gasteiger partial charge < -0.3 is 21.7 Å². The minimum absolute atomic E-state index is 0.191. The van der Waals surface area contributed by atoms with Crippen molar-refractivity contribution in [1.29, 1.82) is 0 Å². The number of carbonyl (C=O) groups is 2. The van der Waals surface area contributed by atoms with Gasteiger partial charge in [-0.1, -0.05) is 6.07 Å². The zero-order valence-electron chi connectivity index (χ0n) is 12.1. The molecule has 0 fully saturated rings. The molecule has 5 N–H and O–H groups in total. The van der Waals surface area contributed by atoms with E-state index >= 15 is 0 Å². The van der Waals surface area contributed by atoms with Gasteiger partial charge in [-0.25, -0.2) is 0 Å². The van der Waals surface area contributed by atoms with E-state index in [0.717, 1.165) is 11.3 Å². The van der Waals surface area contributed by atoms with Gasteiger partial charge in [0.25, 0.3) is 11.8 Å². The molecular formula is C16H16N4O2. The van der Waals surface area contributed by atoms with Crippen LogP contribution < -0.4 is 21.7 Å². The summed E-state index contributed by atoms with van der Waals surface area (Å²) < 4.78 is 0. The Morgan fingerprint density at radius 3 is 2.82 bits per heavy atom. The normalized spacial score (nSPS) is 12.9. The van der Waals surface area contributed by atoms with Crippen molar-refractivity contribution in [2.45, 2.75) is 6.92 Å². The number of hydrogen-bond acceptors (Lipinski definition) is 4. The Labute approximate surface area is 127 Å². The summed E-state index contributed by atoms with van der Waals surface area (Å²) in [5.41, 5.74) is 9.49. The van der Waals surface area contributed by atoms with Gasteiger partial charge in [-0.2, -0.15) is 0 Å². The predicted octanol–water partition coefficient (Wildman–Crippen LogP) is 1.94. The zero-order chi connectivity index (χ0) is 15.7. The second kappa shape index (κ2) is 5.40. The SMILES string of the molecule is Cc1ccc(N)cc1NC(=O)c1ccc2c(c1)C(=O)NCN2. The summed E-state index contributed by atoms with van der Waals surface area (Å²) in [7, 11) is 0. The third kappa shape index (κ3) is 2.58. The van der Waals surface area contributed by atoms with Gasteiger partial charge >= 0.3 is 0 Å². The molecule has 1 aliphatic heterocycles. The van der Waals surface area contributed by atoms with Crippen LogP contribution in [0.2, 0.25) is 0 Å². The second-order valence-electron chi connectivity index (χ2n) is 5.15. The average Bonchev–Trinajstić information content (AvgIpc) is 2.51. The lowest BCUT2D eigenvalue weighted by atomic mass is 10.1. The zero-order valence-corrected chi connectivity index (χ0v) is 12.1. The van der Waals surface area contributed by atoms with Crippen LogP contribution >= 0.6 is 0 Å². The Hall–Kier alpha value is -3.02. The highest BCUT2D eigenvalue weighted by Crippen LogP contribution is 2.22. The highest BCUT2D eigenvalue weighted by atomic mass is 16.2. The van der Waals surface area contributed by atoms with Crippen molar-refractivity contribution >= 4 is 28.9 Å². The van der Waals surface area contributed by atoms with Gasteiger partial charge in [0.05, 0.1) is 12.2 Å². The van der Waals surface area contributed by atoms with Crippen molar-refractivity contribution < 1.29 is 9.59 Å². The molecule has 0 saturated carbocycles. The van der Waals surface area contributed by atoms with E-state index < -0.39 is 0 Å². The van der Waals surface area contributed by atoms with E-state index in [2.05, 4.69) is 16.0 Å². The molecule has 2 amide bonds. The molecule has 0 aliphatic carbocycles. The standard InChI is InChI=1S/C16H16N4O2/c1-9-2-4-11(17)7-14(9)20-15(21)10-3-5-13-12(6-10)16(22)19-8-18-13/h2-7,18H,8,17H2,1H3,(H,19,22)(H,20,21). The lowest BCUT2D eigenvalue weighted by Crippen LogP contribution is -2.34. The molecule has 1 heterocycles. The molecule has 6 nitrogen and oxygen atoms in total. The molecule has 0 aromatic heterocycles. The molecule has 22 heavy (non-hydrogen) atoms. The number of hydrogen-bond donors (Lipinski definition) is 4. The third-order valence-corrected chi connectivity index (χ3v) is 3.56. The third-order valence-electron chi connectivity index (χ3n) is 3.56. The van der Waals surface area contributed by atoms with E-state index in [9.17, 15) is 9.59 Å². The van der Waals surface area contributed by atoms with Crippen LogP contribution in [0.5, 0.6) is 0 Å². The predicted molar refractivity (Wildman–Crippen MR) is 85.9 cm³/mol. The molecule has 112 valence electrons. The van der Waals surface area contributed by atoms with Crippen LogP contribution in [0.25, 0.3) is 0 Å². The highest BCUT2D eigenvalue weighted by molar-refractivity contribution is 6.08. The van der Waals surface area contributed by atoms with E-state index in [1.165, 1.54) is 0 Å². The average molecular weight is 296 g/mol. The van der Waals surface area contributed by atoms with Gasteiger partial charge in [0.1, 0.15) is 0 Å². The fourth-order valence-corrected chi connectivity index (χ4v) is 2.31. The molecule has 3 rings (SSSR count). The molecule has 1 aliphatic rings. The summed E-state index contributed by atoms with van der Waals surface area (Å²) in [4.78, 5) is 24.2. The number of benzene rings is 2. The number of anilines is 3. The lowest BCUT2D eigenvalue weighted by molar-refractivity contribution is 0.0953. The van der Waals surface area contributed by atoms with Crippen LogP contribution in [0.15, 0.2) is 36.4 Å². The van der Waals surface area contributed by atoms with Crippen LogP contribution in [-0.4, -0.2) is 18.5 Å². The molecule has 0 unspecified atom stereocenters. The molecule has 2 aromatic carbocycles. The van der Waals surface area contributed by atoms with Crippen molar-refractivity contribution in [3.63, 3.8) is 0 Å². The molecule has 0 bridgehead atoms. The first-order chi connectivity index (χ1) is 10.5. The van der Waals surface area contributed by atoms with Crippen molar-refractivity contribution in [3.05, 3.63) is 53.1 Å². The largest absolute Gasteiger partial charge is 0.399 e.